The average Bonchev–Trinajstić information content (AvgIpc) is 2.91. The standard InChI is InChI=1S/C27H44O2Si2/c1-10-27(29-31(7,8)9)16-14-24-25-19(2)17-20-18-21(28-30(4,5)6)11-12-22(20)23(25)13-15-26(24,27)3/h1,18-19,23-25H,11-17H2,2-9H3. The van der Waals surface area contributed by atoms with E-state index in [-0.39, 0.29) is 11.0 Å². The molecule has 4 heteroatoms. The summed E-state index contributed by atoms with van der Waals surface area (Å²) < 4.78 is 13.3. The SMILES string of the molecule is C#CC1(O[Si](C)(C)C)CCC2C3C(C)CC4=C(CCC(O[Si](C)(C)C)=C4)C3CCC21C. The Bertz CT molecular complexity index is 837. The fourth-order valence-electron chi connectivity index (χ4n) is 7.70. The topological polar surface area (TPSA) is 18.5 Å². The van der Waals surface area contributed by atoms with Crippen LogP contribution in [-0.4, -0.2) is 22.2 Å². The Balaban J connectivity index is 1.65. The molecule has 6 atom stereocenters. The molecule has 0 spiro atoms. The first-order chi connectivity index (χ1) is 14.3. The summed E-state index contributed by atoms with van der Waals surface area (Å²) in [5.74, 6) is 7.38. The lowest BCUT2D eigenvalue weighted by atomic mass is 9.50. The van der Waals surface area contributed by atoms with E-state index >= 15 is 0 Å². The maximum Gasteiger partial charge on any atom is 0.241 e. The van der Waals surface area contributed by atoms with E-state index in [9.17, 15) is 0 Å². The predicted molar refractivity (Wildman–Crippen MR) is 136 cm³/mol. The minimum absolute atomic E-state index is 0.117. The molecule has 4 rings (SSSR count). The van der Waals surface area contributed by atoms with Gasteiger partial charge in [0.1, 0.15) is 5.60 Å². The first kappa shape index (κ1) is 23.4. The normalized spacial score (nSPS) is 40.4. The molecule has 0 aromatic carbocycles. The molecular weight excluding hydrogens is 412 g/mol. The monoisotopic (exact) mass is 456 g/mol. The molecule has 0 aromatic rings. The van der Waals surface area contributed by atoms with E-state index in [2.05, 4.69) is 65.1 Å². The van der Waals surface area contributed by atoms with E-state index in [1.807, 2.05) is 0 Å². The van der Waals surface area contributed by atoms with E-state index in [0.29, 0.717) is 11.8 Å². The van der Waals surface area contributed by atoms with Crippen molar-refractivity contribution in [2.24, 2.45) is 29.1 Å². The highest BCUT2D eigenvalue weighted by Crippen LogP contribution is 2.66. The Morgan fingerprint density at radius 1 is 1.03 bits per heavy atom. The molecule has 0 radical (unpaired) electrons. The second-order valence-electron chi connectivity index (χ2n) is 13.0. The highest BCUT2D eigenvalue weighted by Gasteiger charge is 2.64. The van der Waals surface area contributed by atoms with Gasteiger partial charge in [0.05, 0.1) is 5.76 Å². The van der Waals surface area contributed by atoms with Crippen molar-refractivity contribution in [1.82, 2.24) is 0 Å². The van der Waals surface area contributed by atoms with E-state index < -0.39 is 16.6 Å². The molecule has 0 aromatic heterocycles. The smallest absolute Gasteiger partial charge is 0.241 e. The van der Waals surface area contributed by atoms with Crippen LogP contribution in [0.15, 0.2) is 23.0 Å². The van der Waals surface area contributed by atoms with Crippen LogP contribution in [0.1, 0.15) is 58.8 Å². The molecule has 4 aliphatic carbocycles. The summed E-state index contributed by atoms with van der Waals surface area (Å²) in [4.78, 5) is 0. The van der Waals surface area contributed by atoms with Gasteiger partial charge in [0.2, 0.25) is 8.32 Å². The molecule has 0 N–H and O–H groups in total. The minimum Gasteiger partial charge on any atom is -0.547 e. The lowest BCUT2D eigenvalue weighted by Crippen LogP contribution is -2.56. The zero-order valence-corrected chi connectivity index (χ0v) is 23.2. The summed E-state index contributed by atoms with van der Waals surface area (Å²) in [6, 6.07) is 0. The van der Waals surface area contributed by atoms with Gasteiger partial charge in [-0.2, -0.15) is 0 Å². The van der Waals surface area contributed by atoms with Gasteiger partial charge in [-0.05, 0) is 113 Å². The third-order valence-electron chi connectivity index (χ3n) is 8.64. The fourth-order valence-corrected chi connectivity index (χ4v) is 10.1. The molecule has 2 fully saturated rings. The average molecular weight is 457 g/mol. The van der Waals surface area contributed by atoms with Crippen LogP contribution in [0.4, 0.5) is 0 Å². The van der Waals surface area contributed by atoms with Crippen molar-refractivity contribution in [2.45, 2.75) is 104 Å². The van der Waals surface area contributed by atoms with Gasteiger partial charge < -0.3 is 8.85 Å². The van der Waals surface area contributed by atoms with Crippen molar-refractivity contribution < 1.29 is 8.85 Å². The van der Waals surface area contributed by atoms with Gasteiger partial charge in [0, 0.05) is 11.8 Å². The van der Waals surface area contributed by atoms with Gasteiger partial charge in [-0.25, -0.2) is 0 Å². The van der Waals surface area contributed by atoms with E-state index in [1.54, 1.807) is 11.1 Å². The summed E-state index contributed by atoms with van der Waals surface area (Å²) in [6.07, 6.45) is 17.0. The summed E-state index contributed by atoms with van der Waals surface area (Å²) in [6.45, 7) is 18.7. The first-order valence-electron chi connectivity index (χ1n) is 12.6. The predicted octanol–water partition coefficient (Wildman–Crippen LogP) is 7.52. The Labute approximate surface area is 193 Å². The number of rotatable bonds is 4. The fraction of sp³-hybridized carbons (Fsp3) is 0.778. The quantitative estimate of drug-likeness (QED) is 0.322. The third-order valence-corrected chi connectivity index (χ3v) is 10.5. The highest BCUT2D eigenvalue weighted by atomic mass is 28.4. The maximum absolute atomic E-state index is 6.86. The minimum atomic E-state index is -1.73. The van der Waals surface area contributed by atoms with Crippen LogP contribution in [0.3, 0.4) is 0 Å². The van der Waals surface area contributed by atoms with Crippen molar-refractivity contribution in [3.63, 3.8) is 0 Å². The van der Waals surface area contributed by atoms with Crippen LogP contribution in [0.5, 0.6) is 0 Å². The molecule has 0 heterocycles. The van der Waals surface area contributed by atoms with Gasteiger partial charge in [-0.1, -0.05) is 25.3 Å². The molecule has 4 aliphatic rings. The van der Waals surface area contributed by atoms with Crippen LogP contribution in [-0.2, 0) is 8.85 Å². The highest BCUT2D eigenvalue weighted by molar-refractivity contribution is 6.70. The molecule has 2 nitrogen and oxygen atoms in total. The van der Waals surface area contributed by atoms with Gasteiger partial charge in [0.15, 0.2) is 8.32 Å². The number of hydrogen-bond donors (Lipinski definition) is 0. The molecule has 0 aliphatic heterocycles. The summed E-state index contributed by atoms with van der Waals surface area (Å²) in [7, 11) is -3.27. The summed E-state index contributed by atoms with van der Waals surface area (Å²) in [5, 5.41) is 0. The number of allylic oxidation sites excluding steroid dienone is 4. The lowest BCUT2D eigenvalue weighted by molar-refractivity contribution is -0.0709. The van der Waals surface area contributed by atoms with Crippen molar-refractivity contribution >= 4 is 16.6 Å². The van der Waals surface area contributed by atoms with E-state index in [4.69, 9.17) is 15.3 Å². The number of fused-ring (bicyclic) bond motifs is 4. The third kappa shape index (κ3) is 4.04. The summed E-state index contributed by atoms with van der Waals surface area (Å²) in [5.41, 5.74) is 3.13. The molecule has 6 unspecified atom stereocenters. The van der Waals surface area contributed by atoms with Crippen LogP contribution in [0.2, 0.25) is 39.3 Å². The van der Waals surface area contributed by atoms with Crippen LogP contribution in [0.25, 0.3) is 0 Å². The molecule has 0 saturated heterocycles. The van der Waals surface area contributed by atoms with Crippen molar-refractivity contribution in [3.8, 4) is 12.3 Å². The molecular formula is C27H44O2Si2. The first-order valence-corrected chi connectivity index (χ1v) is 19.4. The van der Waals surface area contributed by atoms with Crippen LogP contribution >= 0.6 is 0 Å². The zero-order valence-electron chi connectivity index (χ0n) is 21.2. The Morgan fingerprint density at radius 2 is 1.74 bits per heavy atom. The van der Waals surface area contributed by atoms with Gasteiger partial charge in [-0.3, -0.25) is 0 Å². The second-order valence-corrected chi connectivity index (χ2v) is 21.9. The number of hydrogen-bond acceptors (Lipinski definition) is 2. The molecule has 2 saturated carbocycles. The van der Waals surface area contributed by atoms with Crippen molar-refractivity contribution in [2.75, 3.05) is 0 Å². The van der Waals surface area contributed by atoms with E-state index in [0.717, 1.165) is 24.7 Å². The zero-order chi connectivity index (χ0) is 22.8. The summed E-state index contributed by atoms with van der Waals surface area (Å²) >= 11 is 0. The maximum atomic E-state index is 6.86. The Kier molecular flexibility index (Phi) is 5.76. The Morgan fingerprint density at radius 3 is 2.35 bits per heavy atom. The largest absolute Gasteiger partial charge is 0.547 e. The molecule has 0 amide bonds. The van der Waals surface area contributed by atoms with E-state index in [1.165, 1.54) is 37.9 Å². The Hall–Kier alpha value is -0.766. The molecule has 0 bridgehead atoms. The van der Waals surface area contributed by atoms with Gasteiger partial charge in [0.25, 0.3) is 0 Å². The van der Waals surface area contributed by atoms with Crippen molar-refractivity contribution in [1.29, 1.82) is 0 Å². The number of terminal acetylenes is 1. The molecule has 31 heavy (non-hydrogen) atoms. The van der Waals surface area contributed by atoms with Crippen LogP contribution in [0, 0.1) is 41.4 Å². The van der Waals surface area contributed by atoms with Gasteiger partial charge >= 0.3 is 0 Å². The van der Waals surface area contributed by atoms with Crippen molar-refractivity contribution in [3.05, 3.63) is 23.0 Å². The second kappa shape index (κ2) is 7.64. The van der Waals surface area contributed by atoms with Crippen LogP contribution < -0.4 is 0 Å². The molecule has 172 valence electrons. The van der Waals surface area contributed by atoms with Gasteiger partial charge in [-0.15, -0.1) is 6.42 Å². The lowest BCUT2D eigenvalue weighted by Gasteiger charge is -2.56.